The molecule has 0 atom stereocenters. The topological polar surface area (TPSA) is 36.3 Å². The van der Waals surface area contributed by atoms with Gasteiger partial charge in [-0.3, -0.25) is 0 Å². The van der Waals surface area contributed by atoms with Crippen LogP contribution in [0.2, 0.25) is 0 Å². The molecule has 2 aliphatic rings. The lowest BCUT2D eigenvalue weighted by atomic mass is 9.81. The van der Waals surface area contributed by atoms with E-state index in [1.54, 1.807) is 0 Å². The highest BCUT2D eigenvalue weighted by molar-refractivity contribution is 6.61. The van der Waals surface area contributed by atoms with Gasteiger partial charge in [-0.25, -0.2) is 4.98 Å². The average molecular weight is 262 g/mol. The van der Waals surface area contributed by atoms with Crippen LogP contribution in [-0.4, -0.2) is 27.9 Å². The van der Waals surface area contributed by atoms with E-state index in [1.807, 2.05) is 0 Å². The van der Waals surface area contributed by atoms with Crippen molar-refractivity contribution in [3.05, 3.63) is 11.5 Å². The molecule has 104 valence electrons. The van der Waals surface area contributed by atoms with Crippen molar-refractivity contribution in [2.75, 3.05) is 0 Å². The first-order chi connectivity index (χ1) is 8.82. The van der Waals surface area contributed by atoms with Crippen LogP contribution >= 0.6 is 0 Å². The summed E-state index contributed by atoms with van der Waals surface area (Å²) >= 11 is 0. The van der Waals surface area contributed by atoms with E-state index in [-0.39, 0.29) is 18.3 Å². The van der Waals surface area contributed by atoms with Gasteiger partial charge in [0.25, 0.3) is 0 Å². The predicted molar refractivity (Wildman–Crippen MR) is 75.6 cm³/mol. The first kappa shape index (κ1) is 13.2. The standard InChI is InChI=1S/C14H23BN2O2/c1-10-16-12(11-8-6-7-9-17(10)11)15-18-13(2,3)14(4,5)19-15/h6-9H2,1-5H3. The van der Waals surface area contributed by atoms with E-state index in [4.69, 9.17) is 14.3 Å². The van der Waals surface area contributed by atoms with Gasteiger partial charge in [0.1, 0.15) is 5.82 Å². The SMILES string of the molecule is Cc1nc(B2OC(C)(C)C(C)(C)O2)c2n1CCCC2. The molecular formula is C14H23BN2O2. The van der Waals surface area contributed by atoms with Gasteiger partial charge in [0.05, 0.1) is 16.8 Å². The minimum Gasteiger partial charge on any atom is -0.398 e. The lowest BCUT2D eigenvalue weighted by Gasteiger charge is -2.32. The van der Waals surface area contributed by atoms with E-state index < -0.39 is 0 Å². The fourth-order valence-corrected chi connectivity index (χ4v) is 2.90. The Hall–Kier alpha value is -0.805. The molecule has 0 aromatic carbocycles. The van der Waals surface area contributed by atoms with Gasteiger partial charge >= 0.3 is 7.12 Å². The van der Waals surface area contributed by atoms with Crippen LogP contribution in [0.4, 0.5) is 0 Å². The molecule has 19 heavy (non-hydrogen) atoms. The minimum atomic E-state index is -0.321. The van der Waals surface area contributed by atoms with E-state index in [1.165, 1.54) is 18.5 Å². The second-order valence-corrected chi connectivity index (χ2v) is 6.69. The fourth-order valence-electron chi connectivity index (χ4n) is 2.90. The first-order valence-corrected chi connectivity index (χ1v) is 7.23. The van der Waals surface area contributed by atoms with Gasteiger partial charge in [0.15, 0.2) is 0 Å². The zero-order valence-electron chi connectivity index (χ0n) is 12.6. The average Bonchev–Trinajstić information content (AvgIpc) is 2.76. The van der Waals surface area contributed by atoms with Crippen molar-refractivity contribution in [1.29, 1.82) is 0 Å². The lowest BCUT2D eigenvalue weighted by Crippen LogP contribution is -2.41. The van der Waals surface area contributed by atoms with Gasteiger partial charge < -0.3 is 13.9 Å². The van der Waals surface area contributed by atoms with Crippen molar-refractivity contribution in [3.63, 3.8) is 0 Å². The quantitative estimate of drug-likeness (QED) is 0.724. The van der Waals surface area contributed by atoms with Gasteiger partial charge in [-0.2, -0.15) is 0 Å². The first-order valence-electron chi connectivity index (χ1n) is 7.23. The Bertz CT molecular complexity index is 492. The highest BCUT2D eigenvalue weighted by Gasteiger charge is 2.53. The van der Waals surface area contributed by atoms with Crippen LogP contribution in [0.3, 0.4) is 0 Å². The molecule has 2 aliphatic heterocycles. The van der Waals surface area contributed by atoms with Gasteiger partial charge in [0, 0.05) is 12.2 Å². The number of aryl methyl sites for hydroxylation is 1. The van der Waals surface area contributed by atoms with Crippen LogP contribution in [0.5, 0.6) is 0 Å². The highest BCUT2D eigenvalue weighted by Crippen LogP contribution is 2.36. The summed E-state index contributed by atoms with van der Waals surface area (Å²) in [7, 11) is -0.321. The van der Waals surface area contributed by atoms with E-state index in [9.17, 15) is 0 Å². The number of rotatable bonds is 1. The molecule has 1 aromatic heterocycles. The number of hydrogen-bond donors (Lipinski definition) is 0. The lowest BCUT2D eigenvalue weighted by molar-refractivity contribution is 0.00578. The van der Waals surface area contributed by atoms with E-state index >= 15 is 0 Å². The second-order valence-electron chi connectivity index (χ2n) is 6.69. The van der Waals surface area contributed by atoms with Gasteiger partial charge in [-0.05, 0) is 53.9 Å². The van der Waals surface area contributed by atoms with Crippen molar-refractivity contribution in [1.82, 2.24) is 9.55 Å². The van der Waals surface area contributed by atoms with E-state index in [0.717, 1.165) is 24.4 Å². The molecule has 5 heteroatoms. The summed E-state index contributed by atoms with van der Waals surface area (Å²) in [6.07, 6.45) is 3.56. The van der Waals surface area contributed by atoms with E-state index in [0.29, 0.717) is 0 Å². The Morgan fingerprint density at radius 3 is 2.37 bits per heavy atom. The number of aromatic nitrogens is 2. The second kappa shape index (κ2) is 4.09. The van der Waals surface area contributed by atoms with Crippen LogP contribution in [0.1, 0.15) is 52.1 Å². The summed E-state index contributed by atoms with van der Waals surface area (Å²) in [6, 6.07) is 0. The van der Waals surface area contributed by atoms with Crippen LogP contribution in [0.15, 0.2) is 0 Å². The zero-order chi connectivity index (χ0) is 13.8. The summed E-state index contributed by atoms with van der Waals surface area (Å²) < 4.78 is 14.6. The molecular weight excluding hydrogens is 239 g/mol. The highest BCUT2D eigenvalue weighted by atomic mass is 16.7. The Balaban J connectivity index is 1.97. The minimum absolute atomic E-state index is 0.295. The molecule has 0 radical (unpaired) electrons. The molecule has 1 aromatic rings. The maximum Gasteiger partial charge on any atom is 0.516 e. The Morgan fingerprint density at radius 2 is 1.74 bits per heavy atom. The molecule has 0 amide bonds. The summed E-state index contributed by atoms with van der Waals surface area (Å²) in [5.41, 5.74) is 1.71. The molecule has 0 spiro atoms. The van der Waals surface area contributed by atoms with Crippen molar-refractivity contribution in [3.8, 4) is 0 Å². The largest absolute Gasteiger partial charge is 0.516 e. The third-order valence-electron chi connectivity index (χ3n) is 4.82. The van der Waals surface area contributed by atoms with Crippen LogP contribution in [0.25, 0.3) is 0 Å². The maximum absolute atomic E-state index is 6.13. The Kier molecular flexibility index (Phi) is 2.84. The van der Waals surface area contributed by atoms with Crippen molar-refractivity contribution >= 4 is 12.7 Å². The van der Waals surface area contributed by atoms with E-state index in [2.05, 4.69) is 39.2 Å². The molecule has 1 fully saturated rings. The molecule has 0 bridgehead atoms. The molecule has 0 N–H and O–H groups in total. The molecule has 0 unspecified atom stereocenters. The zero-order valence-corrected chi connectivity index (χ0v) is 12.6. The van der Waals surface area contributed by atoms with Gasteiger partial charge in [-0.1, -0.05) is 0 Å². The van der Waals surface area contributed by atoms with Gasteiger partial charge in [0.2, 0.25) is 0 Å². The maximum atomic E-state index is 6.13. The Morgan fingerprint density at radius 1 is 1.11 bits per heavy atom. The van der Waals surface area contributed by atoms with Crippen molar-refractivity contribution in [2.24, 2.45) is 0 Å². The predicted octanol–water partition coefficient (Wildman–Crippen LogP) is 1.83. The molecule has 1 saturated heterocycles. The third kappa shape index (κ3) is 1.94. The van der Waals surface area contributed by atoms with Crippen LogP contribution in [-0.2, 0) is 22.3 Å². The third-order valence-corrected chi connectivity index (χ3v) is 4.82. The Labute approximate surface area is 115 Å². The number of imidazole rings is 1. The van der Waals surface area contributed by atoms with Crippen LogP contribution in [0, 0.1) is 6.92 Å². The monoisotopic (exact) mass is 262 g/mol. The van der Waals surface area contributed by atoms with Crippen molar-refractivity contribution in [2.45, 2.75) is 71.6 Å². The fraction of sp³-hybridized carbons (Fsp3) is 0.786. The summed E-state index contributed by atoms with van der Waals surface area (Å²) in [5.74, 6) is 1.08. The normalized spacial score (nSPS) is 24.6. The summed E-state index contributed by atoms with van der Waals surface area (Å²) in [6.45, 7) is 11.5. The number of nitrogens with zero attached hydrogens (tertiary/aromatic N) is 2. The summed E-state index contributed by atoms with van der Waals surface area (Å²) in [4.78, 5) is 4.72. The van der Waals surface area contributed by atoms with Gasteiger partial charge in [-0.15, -0.1) is 0 Å². The molecule has 0 saturated carbocycles. The number of fused-ring (bicyclic) bond motifs is 1. The molecule has 3 rings (SSSR count). The molecule has 4 nitrogen and oxygen atoms in total. The summed E-state index contributed by atoms with van der Waals surface area (Å²) in [5, 5.41) is 0. The van der Waals surface area contributed by atoms with Crippen molar-refractivity contribution < 1.29 is 9.31 Å². The molecule has 3 heterocycles. The number of hydrogen-bond acceptors (Lipinski definition) is 3. The smallest absolute Gasteiger partial charge is 0.398 e. The van der Waals surface area contributed by atoms with Crippen LogP contribution < -0.4 is 5.59 Å². The molecule has 0 aliphatic carbocycles.